The summed E-state index contributed by atoms with van der Waals surface area (Å²) in [5, 5.41) is 15.7. The zero-order valence-electron chi connectivity index (χ0n) is 14.7. The van der Waals surface area contributed by atoms with Crippen LogP contribution in [0.4, 0.5) is 0 Å². The Morgan fingerprint density at radius 3 is 2.75 bits per heavy atom. The van der Waals surface area contributed by atoms with Gasteiger partial charge in [0.2, 0.25) is 6.79 Å². The van der Waals surface area contributed by atoms with Crippen LogP contribution in [0.3, 0.4) is 0 Å². The van der Waals surface area contributed by atoms with Crippen LogP contribution < -0.4 is 14.8 Å². The average Bonchev–Trinajstić information content (AvgIpc) is 3.38. The molecule has 0 fully saturated rings. The van der Waals surface area contributed by atoms with Crippen molar-refractivity contribution in [3.63, 3.8) is 0 Å². The summed E-state index contributed by atoms with van der Waals surface area (Å²) in [5.74, 6) is 1.50. The lowest BCUT2D eigenvalue weighted by Crippen LogP contribution is -2.24. The number of amides is 1. The van der Waals surface area contributed by atoms with E-state index in [0.29, 0.717) is 28.5 Å². The standard InChI is InChI=1S/C20H15N5O3/c26-20(14-6-8-16-17(10-14)28-12-27-16)21-11-19-23-22-18-9-7-15(24-25(18)19)13-4-2-1-3-5-13/h1-10H,11-12H2,(H,21,26). The number of hydrogen-bond acceptors (Lipinski definition) is 6. The number of ether oxygens (including phenoxy) is 2. The van der Waals surface area contributed by atoms with Crippen LogP contribution in [-0.2, 0) is 6.54 Å². The first kappa shape index (κ1) is 16.2. The Labute approximate surface area is 159 Å². The van der Waals surface area contributed by atoms with Gasteiger partial charge in [-0.25, -0.2) is 0 Å². The van der Waals surface area contributed by atoms with Gasteiger partial charge in [-0.3, -0.25) is 4.79 Å². The molecule has 0 spiro atoms. The summed E-state index contributed by atoms with van der Waals surface area (Å²) < 4.78 is 12.2. The van der Waals surface area contributed by atoms with Gasteiger partial charge in [-0.05, 0) is 30.3 Å². The van der Waals surface area contributed by atoms with E-state index in [4.69, 9.17) is 9.47 Å². The number of hydrogen-bond donors (Lipinski definition) is 1. The maximum absolute atomic E-state index is 12.5. The number of fused-ring (bicyclic) bond motifs is 2. The van der Waals surface area contributed by atoms with Crippen LogP contribution in [0, 0.1) is 0 Å². The van der Waals surface area contributed by atoms with Gasteiger partial charge < -0.3 is 14.8 Å². The molecule has 0 unspecified atom stereocenters. The summed E-state index contributed by atoms with van der Waals surface area (Å²) >= 11 is 0. The molecule has 8 nitrogen and oxygen atoms in total. The first-order valence-corrected chi connectivity index (χ1v) is 8.72. The van der Waals surface area contributed by atoms with E-state index in [1.165, 1.54) is 0 Å². The van der Waals surface area contributed by atoms with E-state index in [9.17, 15) is 4.79 Å². The number of benzene rings is 2. The van der Waals surface area contributed by atoms with Crippen LogP contribution in [0.25, 0.3) is 16.9 Å². The molecule has 0 bridgehead atoms. The number of nitrogens with one attached hydrogen (secondary N) is 1. The van der Waals surface area contributed by atoms with Gasteiger partial charge in [0.25, 0.3) is 5.91 Å². The minimum Gasteiger partial charge on any atom is -0.454 e. The molecular weight excluding hydrogens is 358 g/mol. The molecule has 0 atom stereocenters. The molecule has 0 radical (unpaired) electrons. The number of carbonyl (C=O) groups excluding carboxylic acids is 1. The molecule has 0 saturated carbocycles. The Morgan fingerprint density at radius 1 is 1.00 bits per heavy atom. The fourth-order valence-electron chi connectivity index (χ4n) is 3.01. The highest BCUT2D eigenvalue weighted by Crippen LogP contribution is 2.32. The maximum Gasteiger partial charge on any atom is 0.251 e. The summed E-state index contributed by atoms with van der Waals surface area (Å²) in [7, 11) is 0. The minimum absolute atomic E-state index is 0.168. The van der Waals surface area contributed by atoms with Gasteiger partial charge in [0.1, 0.15) is 0 Å². The maximum atomic E-state index is 12.5. The molecule has 2 aromatic heterocycles. The van der Waals surface area contributed by atoms with Crippen molar-refractivity contribution in [2.24, 2.45) is 0 Å². The van der Waals surface area contributed by atoms with Gasteiger partial charge in [0.05, 0.1) is 12.2 Å². The van der Waals surface area contributed by atoms with E-state index < -0.39 is 0 Å². The molecule has 1 amide bonds. The van der Waals surface area contributed by atoms with Gasteiger partial charge in [0.15, 0.2) is 23.0 Å². The van der Waals surface area contributed by atoms with E-state index in [-0.39, 0.29) is 19.2 Å². The van der Waals surface area contributed by atoms with Crippen LogP contribution >= 0.6 is 0 Å². The average molecular weight is 373 g/mol. The Kier molecular flexibility index (Phi) is 3.86. The fourth-order valence-corrected chi connectivity index (χ4v) is 3.01. The van der Waals surface area contributed by atoms with Gasteiger partial charge in [-0.1, -0.05) is 30.3 Å². The van der Waals surface area contributed by atoms with E-state index >= 15 is 0 Å². The fraction of sp³-hybridized carbons (Fsp3) is 0.100. The topological polar surface area (TPSA) is 90.6 Å². The van der Waals surface area contributed by atoms with Crippen molar-refractivity contribution in [2.75, 3.05) is 6.79 Å². The molecule has 1 N–H and O–H groups in total. The SMILES string of the molecule is O=C(NCc1nnc2ccc(-c3ccccc3)nn12)c1ccc2c(c1)OCO2. The molecule has 5 rings (SSSR count). The molecule has 1 aliphatic rings. The first-order valence-electron chi connectivity index (χ1n) is 8.72. The molecule has 3 heterocycles. The van der Waals surface area contributed by atoms with Crippen molar-refractivity contribution in [1.82, 2.24) is 25.1 Å². The molecule has 138 valence electrons. The molecule has 2 aromatic carbocycles. The molecular formula is C20H15N5O3. The third kappa shape index (κ3) is 2.90. The molecule has 0 saturated heterocycles. The third-order valence-corrected chi connectivity index (χ3v) is 4.44. The van der Waals surface area contributed by atoms with Crippen molar-refractivity contribution in [2.45, 2.75) is 6.54 Å². The third-order valence-electron chi connectivity index (χ3n) is 4.44. The quantitative estimate of drug-likeness (QED) is 0.591. The Morgan fingerprint density at radius 2 is 1.86 bits per heavy atom. The van der Waals surface area contributed by atoms with Crippen molar-refractivity contribution in [1.29, 1.82) is 0 Å². The summed E-state index contributed by atoms with van der Waals surface area (Å²) in [6.07, 6.45) is 0. The van der Waals surface area contributed by atoms with Crippen LogP contribution in [0.2, 0.25) is 0 Å². The van der Waals surface area contributed by atoms with Crippen molar-refractivity contribution < 1.29 is 14.3 Å². The van der Waals surface area contributed by atoms with Crippen LogP contribution in [-0.4, -0.2) is 32.5 Å². The molecule has 4 aromatic rings. The largest absolute Gasteiger partial charge is 0.454 e. The number of nitrogens with zero attached hydrogens (tertiary/aromatic N) is 4. The van der Waals surface area contributed by atoms with Crippen molar-refractivity contribution in [3.05, 3.63) is 72.1 Å². The lowest BCUT2D eigenvalue weighted by atomic mass is 10.1. The van der Waals surface area contributed by atoms with Gasteiger partial charge in [-0.2, -0.15) is 9.61 Å². The highest BCUT2D eigenvalue weighted by Gasteiger charge is 2.17. The first-order chi connectivity index (χ1) is 13.8. The number of aromatic nitrogens is 4. The van der Waals surface area contributed by atoms with Gasteiger partial charge in [0, 0.05) is 11.1 Å². The summed E-state index contributed by atoms with van der Waals surface area (Å²) in [4.78, 5) is 12.5. The highest BCUT2D eigenvalue weighted by atomic mass is 16.7. The zero-order chi connectivity index (χ0) is 18.9. The van der Waals surface area contributed by atoms with E-state index in [0.717, 1.165) is 11.3 Å². The van der Waals surface area contributed by atoms with E-state index in [2.05, 4.69) is 20.6 Å². The van der Waals surface area contributed by atoms with E-state index in [1.54, 1.807) is 22.7 Å². The Hall–Kier alpha value is -3.94. The van der Waals surface area contributed by atoms with Crippen molar-refractivity contribution in [3.8, 4) is 22.8 Å². The minimum atomic E-state index is -0.241. The second kappa shape index (κ2) is 6.66. The summed E-state index contributed by atoms with van der Waals surface area (Å²) in [6.45, 7) is 0.362. The number of rotatable bonds is 4. The Balaban J connectivity index is 1.37. The molecule has 0 aliphatic carbocycles. The summed E-state index contributed by atoms with van der Waals surface area (Å²) in [5.41, 5.74) is 2.90. The van der Waals surface area contributed by atoms with Gasteiger partial charge >= 0.3 is 0 Å². The zero-order valence-corrected chi connectivity index (χ0v) is 14.7. The number of carbonyl (C=O) groups is 1. The molecule has 1 aliphatic heterocycles. The summed E-state index contributed by atoms with van der Waals surface area (Å²) in [6, 6.07) is 18.7. The predicted molar refractivity (Wildman–Crippen MR) is 100.0 cm³/mol. The second-order valence-corrected chi connectivity index (χ2v) is 6.22. The van der Waals surface area contributed by atoms with Crippen LogP contribution in [0.15, 0.2) is 60.7 Å². The van der Waals surface area contributed by atoms with Crippen molar-refractivity contribution >= 4 is 11.6 Å². The second-order valence-electron chi connectivity index (χ2n) is 6.22. The smallest absolute Gasteiger partial charge is 0.251 e. The highest BCUT2D eigenvalue weighted by molar-refractivity contribution is 5.94. The van der Waals surface area contributed by atoms with E-state index in [1.807, 2.05) is 42.5 Å². The van der Waals surface area contributed by atoms with Crippen LogP contribution in [0.1, 0.15) is 16.2 Å². The van der Waals surface area contributed by atoms with Crippen LogP contribution in [0.5, 0.6) is 11.5 Å². The Bertz CT molecular complexity index is 1170. The molecule has 8 heteroatoms. The predicted octanol–water partition coefficient (Wildman–Crippen LogP) is 2.45. The monoisotopic (exact) mass is 373 g/mol. The molecule has 28 heavy (non-hydrogen) atoms. The lowest BCUT2D eigenvalue weighted by Gasteiger charge is -2.06. The van der Waals surface area contributed by atoms with Gasteiger partial charge in [-0.15, -0.1) is 10.2 Å². The normalized spacial score (nSPS) is 12.3. The lowest BCUT2D eigenvalue weighted by molar-refractivity contribution is 0.0949.